The number of nitriles is 1. The van der Waals surface area contributed by atoms with Crippen LogP contribution in [0.25, 0.3) is 0 Å². The predicted molar refractivity (Wildman–Crippen MR) is 174 cm³/mol. The van der Waals surface area contributed by atoms with Crippen LogP contribution < -0.4 is 5.32 Å². The predicted octanol–water partition coefficient (Wildman–Crippen LogP) is 3.55. The molecule has 6 atom stereocenters. The molecule has 2 amide bonds. The summed E-state index contributed by atoms with van der Waals surface area (Å²) in [6.45, 7) is 17.3. The zero-order chi connectivity index (χ0) is 32.7. The molecule has 4 rings (SSSR count). The molecular weight excluding hydrogens is 566 g/mol. The zero-order valence-electron chi connectivity index (χ0n) is 27.7. The van der Waals surface area contributed by atoms with E-state index in [-0.39, 0.29) is 36.4 Å². The average Bonchev–Trinajstić information content (AvgIpc) is 3.38. The molecule has 1 aromatic carbocycles. The molecule has 2 aliphatic rings. The Morgan fingerprint density at radius 1 is 1.22 bits per heavy atom. The van der Waals surface area contributed by atoms with Gasteiger partial charge in [0.05, 0.1) is 12.6 Å². The van der Waals surface area contributed by atoms with E-state index >= 15 is 0 Å². The highest BCUT2D eigenvalue weighted by atomic mass is 16.2. The SMILES string of the molecule is C=C/C(C)=C/CCc1cc(C(=O)N2CCN(C)CC2)ccc1C(CC(C)NCC(=O)N(C(C)C#N)C1C(C)[C@@H]1C)c1nn[nH]n1. The number of benzene rings is 1. The number of nitrogens with zero attached hydrogens (tertiary/aromatic N) is 7. The summed E-state index contributed by atoms with van der Waals surface area (Å²) in [7, 11) is 2.08. The highest BCUT2D eigenvalue weighted by Gasteiger charge is 2.50. The summed E-state index contributed by atoms with van der Waals surface area (Å²) < 4.78 is 0. The van der Waals surface area contributed by atoms with Crippen LogP contribution in [0.5, 0.6) is 0 Å². The van der Waals surface area contributed by atoms with E-state index in [1.54, 1.807) is 11.8 Å². The van der Waals surface area contributed by atoms with Gasteiger partial charge in [-0.15, -0.1) is 10.2 Å². The molecule has 2 N–H and O–H groups in total. The van der Waals surface area contributed by atoms with Crippen LogP contribution in [-0.2, 0) is 11.2 Å². The fourth-order valence-corrected chi connectivity index (χ4v) is 6.35. The lowest BCUT2D eigenvalue weighted by atomic mass is 9.86. The Bertz CT molecular complexity index is 1380. The van der Waals surface area contributed by atoms with E-state index in [4.69, 9.17) is 0 Å². The van der Waals surface area contributed by atoms with Gasteiger partial charge >= 0.3 is 0 Å². The molecule has 1 saturated carbocycles. The Morgan fingerprint density at radius 2 is 1.93 bits per heavy atom. The van der Waals surface area contributed by atoms with Crippen LogP contribution in [-0.4, -0.2) is 105 Å². The van der Waals surface area contributed by atoms with E-state index in [0.29, 0.717) is 42.7 Å². The molecule has 5 unspecified atom stereocenters. The zero-order valence-corrected chi connectivity index (χ0v) is 27.7. The maximum absolute atomic E-state index is 13.5. The molecule has 1 aliphatic carbocycles. The molecule has 2 aromatic rings. The number of piperazine rings is 1. The number of tetrazole rings is 1. The third-order valence-electron chi connectivity index (χ3n) is 9.60. The lowest BCUT2D eigenvalue weighted by molar-refractivity contribution is -0.132. The number of aromatic amines is 1. The van der Waals surface area contributed by atoms with Crippen LogP contribution in [0.4, 0.5) is 0 Å². The molecule has 45 heavy (non-hydrogen) atoms. The van der Waals surface area contributed by atoms with E-state index < -0.39 is 6.04 Å². The molecule has 242 valence electrons. The van der Waals surface area contributed by atoms with Crippen LogP contribution in [0, 0.1) is 23.2 Å². The molecule has 0 bridgehead atoms. The largest absolute Gasteiger partial charge is 0.336 e. The van der Waals surface area contributed by atoms with Gasteiger partial charge in [0, 0.05) is 49.7 Å². The number of hydrogen-bond donors (Lipinski definition) is 2. The number of aryl methyl sites for hydroxylation is 1. The van der Waals surface area contributed by atoms with Gasteiger partial charge in [-0.05, 0) is 82.2 Å². The second-order valence-electron chi connectivity index (χ2n) is 12.9. The molecule has 11 nitrogen and oxygen atoms in total. The van der Waals surface area contributed by atoms with Crippen LogP contribution in [0.2, 0.25) is 0 Å². The van der Waals surface area contributed by atoms with Crippen molar-refractivity contribution in [2.45, 2.75) is 77.9 Å². The van der Waals surface area contributed by atoms with Gasteiger partial charge in [0.1, 0.15) is 6.04 Å². The molecule has 1 aliphatic heterocycles. The number of carbonyl (C=O) groups excluding carboxylic acids is 2. The lowest BCUT2D eigenvalue weighted by Crippen LogP contribution is -2.47. The van der Waals surface area contributed by atoms with Gasteiger partial charge in [-0.1, -0.05) is 49.4 Å². The van der Waals surface area contributed by atoms with Crippen LogP contribution in [0.1, 0.15) is 80.7 Å². The quantitative estimate of drug-likeness (QED) is 0.308. The summed E-state index contributed by atoms with van der Waals surface area (Å²) >= 11 is 0. The van der Waals surface area contributed by atoms with Gasteiger partial charge < -0.3 is 20.0 Å². The fraction of sp³-hybridized carbons (Fsp3) is 0.588. The topological polar surface area (TPSA) is 134 Å². The first-order chi connectivity index (χ1) is 21.5. The van der Waals surface area contributed by atoms with Gasteiger partial charge in [-0.2, -0.15) is 10.5 Å². The molecule has 0 spiro atoms. The first-order valence-corrected chi connectivity index (χ1v) is 16.1. The van der Waals surface area contributed by atoms with Gasteiger partial charge in [-0.25, -0.2) is 0 Å². The Labute approximate surface area is 267 Å². The standard InChI is InChI=1S/C34H49N9O2/c1-8-22(2)10-9-11-27-19-28(34(45)42-16-14-41(7)15-17-42)12-13-29(27)30(33-37-39-40-38-33)18-23(3)36-21-31(44)43(24(4)20-35)32-25(5)26(32)6/h8,10,12-13,19,23-26,30,32,36H,1,9,11,14-18,21H2,2-7H3,(H,37,38,39,40)/b22-10+/t23?,24?,25-,26?,30?,32?/m0/s1. The number of aromatic nitrogens is 4. The third kappa shape index (κ3) is 8.44. The van der Waals surface area contributed by atoms with Crippen molar-refractivity contribution in [3.05, 3.63) is 65.0 Å². The number of rotatable bonds is 14. The number of hydrogen-bond acceptors (Lipinski definition) is 8. The highest BCUT2D eigenvalue weighted by Crippen LogP contribution is 2.43. The Balaban J connectivity index is 1.56. The normalized spacial score (nSPS) is 22.3. The van der Waals surface area contributed by atoms with Gasteiger partial charge in [0.15, 0.2) is 5.82 Å². The smallest absolute Gasteiger partial charge is 0.253 e. The average molecular weight is 616 g/mol. The number of amides is 2. The van der Waals surface area contributed by atoms with Crippen molar-refractivity contribution in [1.29, 1.82) is 5.26 Å². The van der Waals surface area contributed by atoms with Crippen molar-refractivity contribution in [2.24, 2.45) is 11.8 Å². The monoisotopic (exact) mass is 615 g/mol. The molecule has 2 heterocycles. The van der Waals surface area contributed by atoms with Gasteiger partial charge in [-0.3, -0.25) is 9.59 Å². The van der Waals surface area contributed by atoms with Crippen molar-refractivity contribution in [1.82, 2.24) is 40.6 Å². The second-order valence-corrected chi connectivity index (χ2v) is 12.9. The summed E-state index contributed by atoms with van der Waals surface area (Å²) in [4.78, 5) is 32.8. The Kier molecular flexibility index (Phi) is 11.6. The van der Waals surface area contributed by atoms with Crippen LogP contribution in [0.3, 0.4) is 0 Å². The van der Waals surface area contributed by atoms with Crippen molar-refractivity contribution in [3.63, 3.8) is 0 Å². The molecule has 2 fully saturated rings. The highest BCUT2D eigenvalue weighted by molar-refractivity contribution is 5.94. The van der Waals surface area contributed by atoms with E-state index in [1.165, 1.54) is 0 Å². The minimum Gasteiger partial charge on any atom is -0.336 e. The molecule has 11 heteroatoms. The van der Waals surface area contributed by atoms with Crippen molar-refractivity contribution in [2.75, 3.05) is 39.8 Å². The van der Waals surface area contributed by atoms with E-state index in [0.717, 1.165) is 42.6 Å². The van der Waals surface area contributed by atoms with E-state index in [1.807, 2.05) is 43.0 Å². The Hall–Kier alpha value is -3.88. The van der Waals surface area contributed by atoms with E-state index in [9.17, 15) is 14.9 Å². The minimum absolute atomic E-state index is 0.0498. The second kappa shape index (κ2) is 15.4. The molecule has 0 radical (unpaired) electrons. The van der Waals surface area contributed by atoms with E-state index in [2.05, 4.69) is 70.5 Å². The van der Waals surface area contributed by atoms with Crippen LogP contribution >= 0.6 is 0 Å². The summed E-state index contributed by atoms with van der Waals surface area (Å²) in [5.74, 6) is 1.11. The minimum atomic E-state index is -0.479. The van der Waals surface area contributed by atoms with Gasteiger partial charge in [0.25, 0.3) is 5.91 Å². The molecule has 1 saturated heterocycles. The van der Waals surface area contributed by atoms with Crippen molar-refractivity contribution >= 4 is 11.8 Å². The van der Waals surface area contributed by atoms with Crippen LogP contribution in [0.15, 0.2) is 42.5 Å². The third-order valence-corrected chi connectivity index (χ3v) is 9.60. The summed E-state index contributed by atoms with van der Waals surface area (Å²) in [6.07, 6.45) is 6.13. The number of likely N-dealkylation sites (N-methyl/N-ethyl adjacent to an activating group) is 1. The number of nitrogens with one attached hydrogen (secondary N) is 2. The number of carbonyl (C=O) groups is 2. The first-order valence-electron chi connectivity index (χ1n) is 16.1. The fourth-order valence-electron chi connectivity index (χ4n) is 6.35. The summed E-state index contributed by atoms with van der Waals surface area (Å²) in [5.41, 5.74) is 3.89. The summed E-state index contributed by atoms with van der Waals surface area (Å²) in [6, 6.07) is 7.77. The molecular formula is C34H49N9O2. The Morgan fingerprint density at radius 3 is 2.53 bits per heavy atom. The van der Waals surface area contributed by atoms with Crippen molar-refractivity contribution in [3.8, 4) is 6.07 Å². The number of allylic oxidation sites excluding steroid dienone is 3. The van der Waals surface area contributed by atoms with Gasteiger partial charge in [0.2, 0.25) is 5.91 Å². The molecule has 1 aromatic heterocycles. The number of H-pyrrole nitrogens is 1. The lowest BCUT2D eigenvalue weighted by Gasteiger charge is -2.32. The maximum Gasteiger partial charge on any atom is 0.253 e. The summed E-state index contributed by atoms with van der Waals surface area (Å²) in [5, 5.41) is 28.2. The maximum atomic E-state index is 13.5. The first kappa shape index (κ1) is 34.0. The van der Waals surface area contributed by atoms with Crippen molar-refractivity contribution < 1.29 is 9.59 Å².